The third kappa shape index (κ3) is 3.06. The lowest BCUT2D eigenvalue weighted by Crippen LogP contribution is -1.97. The fraction of sp³-hybridized carbons (Fsp3) is 0.0714. The maximum absolute atomic E-state index is 13.3. The van der Waals surface area contributed by atoms with Crippen LogP contribution in [0.1, 0.15) is 5.56 Å². The van der Waals surface area contributed by atoms with Gasteiger partial charge in [-0.1, -0.05) is 0 Å². The highest BCUT2D eigenvalue weighted by Gasteiger charge is 2.14. The summed E-state index contributed by atoms with van der Waals surface area (Å²) in [5.74, 6) is -0.447. The predicted octanol–water partition coefficient (Wildman–Crippen LogP) is 3.36. The monoisotopic (exact) mass is 287 g/mol. The van der Waals surface area contributed by atoms with E-state index in [1.54, 1.807) is 6.07 Å². The molecular weight excluding hydrogens is 277 g/mol. The van der Waals surface area contributed by atoms with Gasteiger partial charge in [0, 0.05) is 23.5 Å². The van der Waals surface area contributed by atoms with E-state index in [1.165, 1.54) is 43.5 Å². The van der Waals surface area contributed by atoms with E-state index in [4.69, 9.17) is 10.00 Å². The Morgan fingerprint density at radius 3 is 2.57 bits per heavy atom. The second-order valence-electron chi connectivity index (χ2n) is 4.08. The van der Waals surface area contributed by atoms with E-state index in [2.05, 4.69) is 5.32 Å². The number of hydrogen-bond acceptors (Lipinski definition) is 5. The molecule has 0 aromatic heterocycles. The molecule has 2 aromatic carbocycles. The summed E-state index contributed by atoms with van der Waals surface area (Å²) in [4.78, 5) is 10.3. The molecule has 0 aliphatic rings. The Kier molecular flexibility index (Phi) is 4.00. The fourth-order valence-electron chi connectivity index (χ4n) is 1.76. The minimum absolute atomic E-state index is 0.0257. The van der Waals surface area contributed by atoms with Gasteiger partial charge in [-0.3, -0.25) is 10.1 Å². The van der Waals surface area contributed by atoms with E-state index in [0.29, 0.717) is 11.4 Å². The van der Waals surface area contributed by atoms with E-state index in [-0.39, 0.29) is 17.0 Å². The second-order valence-corrected chi connectivity index (χ2v) is 4.08. The Morgan fingerprint density at radius 2 is 1.95 bits per heavy atom. The zero-order chi connectivity index (χ0) is 15.4. The topological polar surface area (TPSA) is 88.2 Å². The molecule has 7 heteroatoms. The van der Waals surface area contributed by atoms with Crippen molar-refractivity contribution in [1.82, 2.24) is 0 Å². The molecule has 0 bridgehead atoms. The van der Waals surface area contributed by atoms with Crippen molar-refractivity contribution in [3.05, 3.63) is 57.9 Å². The van der Waals surface area contributed by atoms with Crippen LogP contribution in [0.2, 0.25) is 0 Å². The van der Waals surface area contributed by atoms with Crippen molar-refractivity contribution in [2.75, 3.05) is 12.4 Å². The lowest BCUT2D eigenvalue weighted by molar-refractivity contribution is -0.385. The van der Waals surface area contributed by atoms with Gasteiger partial charge in [-0.2, -0.15) is 5.26 Å². The smallest absolute Gasteiger partial charge is 0.289 e. The normalized spacial score (nSPS) is 9.76. The first-order chi connectivity index (χ1) is 10.0. The third-order valence-corrected chi connectivity index (χ3v) is 2.75. The molecule has 6 nitrogen and oxygen atoms in total. The highest BCUT2D eigenvalue weighted by Crippen LogP contribution is 2.27. The summed E-state index contributed by atoms with van der Waals surface area (Å²) < 4.78 is 18.2. The van der Waals surface area contributed by atoms with Crippen molar-refractivity contribution in [1.29, 1.82) is 5.26 Å². The zero-order valence-corrected chi connectivity index (χ0v) is 11.0. The number of nitrogens with zero attached hydrogens (tertiary/aromatic N) is 2. The van der Waals surface area contributed by atoms with Crippen LogP contribution in [0.4, 0.5) is 21.5 Å². The molecule has 2 rings (SSSR count). The van der Waals surface area contributed by atoms with Crippen LogP contribution in [0.25, 0.3) is 0 Å². The van der Waals surface area contributed by atoms with Crippen molar-refractivity contribution in [2.24, 2.45) is 0 Å². The van der Waals surface area contributed by atoms with Crippen LogP contribution in [0.5, 0.6) is 5.75 Å². The molecule has 1 N–H and O–H groups in total. The SMILES string of the molecule is COc1cc(Nc2ccc(C#N)c([N+](=O)[O-])c2)ccc1F. The number of ether oxygens (including phenoxy) is 1. The average Bonchev–Trinajstić information content (AvgIpc) is 2.49. The first kappa shape index (κ1) is 14.3. The number of halogens is 1. The molecule has 0 radical (unpaired) electrons. The summed E-state index contributed by atoms with van der Waals surface area (Å²) in [6, 6.07) is 10.0. The molecule has 0 aliphatic carbocycles. The lowest BCUT2D eigenvalue weighted by Gasteiger charge is -2.09. The molecule has 21 heavy (non-hydrogen) atoms. The largest absolute Gasteiger partial charge is 0.494 e. The third-order valence-electron chi connectivity index (χ3n) is 2.75. The number of nitro benzene ring substituents is 1. The highest BCUT2D eigenvalue weighted by atomic mass is 19.1. The van der Waals surface area contributed by atoms with Gasteiger partial charge in [0.1, 0.15) is 11.6 Å². The molecule has 0 fully saturated rings. The molecule has 106 valence electrons. The van der Waals surface area contributed by atoms with Crippen molar-refractivity contribution >= 4 is 17.1 Å². The van der Waals surface area contributed by atoms with Gasteiger partial charge in [0.15, 0.2) is 11.6 Å². The number of nitro groups is 1. The van der Waals surface area contributed by atoms with Crippen molar-refractivity contribution < 1.29 is 14.1 Å². The van der Waals surface area contributed by atoms with Crippen molar-refractivity contribution in [3.8, 4) is 11.8 Å². The van der Waals surface area contributed by atoms with Gasteiger partial charge in [0.2, 0.25) is 0 Å². The summed E-state index contributed by atoms with van der Waals surface area (Å²) >= 11 is 0. The summed E-state index contributed by atoms with van der Waals surface area (Å²) in [6.07, 6.45) is 0. The fourth-order valence-corrected chi connectivity index (χ4v) is 1.76. The van der Waals surface area contributed by atoms with Gasteiger partial charge in [0.25, 0.3) is 5.69 Å². The van der Waals surface area contributed by atoms with Crippen LogP contribution in [0, 0.1) is 27.3 Å². The molecule has 0 heterocycles. The Labute approximate surface area is 119 Å². The molecule has 0 saturated heterocycles. The molecule has 0 spiro atoms. The standard InChI is InChI=1S/C14H10FN3O3/c1-21-14-7-11(4-5-12(14)15)17-10-3-2-9(8-16)13(6-10)18(19)20/h2-7,17H,1H3. The van der Waals surface area contributed by atoms with Gasteiger partial charge in [-0.05, 0) is 24.3 Å². The number of rotatable bonds is 4. The molecule has 0 aliphatic heterocycles. The van der Waals surface area contributed by atoms with E-state index in [1.807, 2.05) is 0 Å². The Balaban J connectivity index is 2.34. The van der Waals surface area contributed by atoms with Gasteiger partial charge in [-0.15, -0.1) is 0 Å². The number of methoxy groups -OCH3 is 1. The molecule has 0 atom stereocenters. The van der Waals surface area contributed by atoms with Crippen LogP contribution in [0.3, 0.4) is 0 Å². The van der Waals surface area contributed by atoms with E-state index < -0.39 is 10.7 Å². The zero-order valence-electron chi connectivity index (χ0n) is 11.0. The second kappa shape index (κ2) is 5.88. The first-order valence-corrected chi connectivity index (χ1v) is 5.84. The number of anilines is 2. The minimum Gasteiger partial charge on any atom is -0.494 e. The maximum atomic E-state index is 13.3. The number of nitriles is 1. The number of hydrogen-bond donors (Lipinski definition) is 1. The predicted molar refractivity (Wildman–Crippen MR) is 74.0 cm³/mol. The number of nitrogens with one attached hydrogen (secondary N) is 1. The summed E-state index contributed by atoms with van der Waals surface area (Å²) in [6.45, 7) is 0. The summed E-state index contributed by atoms with van der Waals surface area (Å²) in [7, 11) is 1.34. The van der Waals surface area contributed by atoms with Crippen molar-refractivity contribution in [2.45, 2.75) is 0 Å². The maximum Gasteiger partial charge on any atom is 0.289 e. The van der Waals surface area contributed by atoms with Crippen LogP contribution in [0.15, 0.2) is 36.4 Å². The van der Waals surface area contributed by atoms with Gasteiger partial charge >= 0.3 is 0 Å². The summed E-state index contributed by atoms with van der Waals surface area (Å²) in [5.41, 5.74) is 0.598. The van der Waals surface area contributed by atoms with Gasteiger partial charge < -0.3 is 10.1 Å². The van der Waals surface area contributed by atoms with Crippen LogP contribution < -0.4 is 10.1 Å². The molecule has 0 unspecified atom stereocenters. The molecule has 0 saturated carbocycles. The highest BCUT2D eigenvalue weighted by molar-refractivity contribution is 5.66. The van der Waals surface area contributed by atoms with Crippen LogP contribution in [-0.2, 0) is 0 Å². The Hall–Kier alpha value is -3.14. The van der Waals surface area contributed by atoms with Crippen LogP contribution in [-0.4, -0.2) is 12.0 Å². The average molecular weight is 287 g/mol. The minimum atomic E-state index is -0.630. The van der Waals surface area contributed by atoms with Gasteiger partial charge in [-0.25, -0.2) is 4.39 Å². The molecule has 0 amide bonds. The van der Waals surface area contributed by atoms with E-state index >= 15 is 0 Å². The van der Waals surface area contributed by atoms with E-state index in [9.17, 15) is 14.5 Å². The first-order valence-electron chi connectivity index (χ1n) is 5.84. The van der Waals surface area contributed by atoms with Gasteiger partial charge in [0.05, 0.1) is 12.0 Å². The van der Waals surface area contributed by atoms with E-state index in [0.717, 1.165) is 0 Å². The van der Waals surface area contributed by atoms with Crippen molar-refractivity contribution in [3.63, 3.8) is 0 Å². The number of benzene rings is 2. The Morgan fingerprint density at radius 1 is 1.29 bits per heavy atom. The lowest BCUT2D eigenvalue weighted by atomic mass is 10.1. The summed E-state index contributed by atoms with van der Waals surface area (Å²) in [5, 5.41) is 22.6. The molecular formula is C14H10FN3O3. The quantitative estimate of drug-likeness (QED) is 0.688. The molecule has 2 aromatic rings. The Bertz CT molecular complexity index is 741. The van der Waals surface area contributed by atoms with Crippen LogP contribution >= 0.6 is 0 Å².